The minimum atomic E-state index is 0.454. The predicted octanol–water partition coefficient (Wildman–Crippen LogP) is 2.20. The normalized spacial score (nSPS) is 14.1. The Morgan fingerprint density at radius 1 is 1.09 bits per heavy atom. The fraction of sp³-hybridized carbons (Fsp3) is 0.478. The molecule has 2 N–H and O–H groups in total. The van der Waals surface area contributed by atoms with Crippen LogP contribution in [0.15, 0.2) is 35.5 Å². The van der Waals surface area contributed by atoms with E-state index < -0.39 is 0 Å². The van der Waals surface area contributed by atoms with Crippen molar-refractivity contribution in [2.45, 2.75) is 20.0 Å². The van der Waals surface area contributed by atoms with Crippen LogP contribution in [0.4, 0.5) is 5.82 Å². The average molecular weight is 444 g/mol. The van der Waals surface area contributed by atoms with Gasteiger partial charge in [-0.15, -0.1) is 0 Å². The molecule has 0 radical (unpaired) electrons. The lowest BCUT2D eigenvalue weighted by Gasteiger charge is -2.29. The third-order valence-electron chi connectivity index (χ3n) is 5.11. The van der Waals surface area contributed by atoms with E-state index in [1.165, 1.54) is 0 Å². The molecule has 1 aliphatic rings. The maximum Gasteiger partial charge on any atom is 0.203 e. The molecule has 3 rings (SSSR count). The highest BCUT2D eigenvalue weighted by atomic mass is 16.5. The molecule has 1 aliphatic heterocycles. The van der Waals surface area contributed by atoms with Crippen molar-refractivity contribution in [1.29, 1.82) is 0 Å². The minimum Gasteiger partial charge on any atom is -0.493 e. The summed E-state index contributed by atoms with van der Waals surface area (Å²) >= 11 is 0. The second kappa shape index (κ2) is 12.0. The quantitative estimate of drug-likeness (QED) is 0.450. The molecule has 1 saturated heterocycles. The number of guanidine groups is 1. The van der Waals surface area contributed by atoms with Crippen molar-refractivity contribution in [2.24, 2.45) is 4.99 Å². The van der Waals surface area contributed by atoms with Crippen molar-refractivity contribution in [3.05, 3.63) is 41.6 Å². The molecule has 1 aromatic heterocycles. The number of aromatic nitrogens is 1. The summed E-state index contributed by atoms with van der Waals surface area (Å²) in [5, 5.41) is 6.72. The van der Waals surface area contributed by atoms with E-state index in [0.717, 1.165) is 55.8 Å². The molecule has 9 heteroatoms. The molecule has 0 atom stereocenters. The second-order valence-electron chi connectivity index (χ2n) is 7.17. The first kappa shape index (κ1) is 23.5. The molecule has 0 unspecified atom stereocenters. The van der Waals surface area contributed by atoms with Gasteiger partial charge in [-0.2, -0.15) is 0 Å². The Balaban J connectivity index is 1.73. The lowest BCUT2D eigenvalue weighted by atomic mass is 10.2. The molecule has 0 spiro atoms. The van der Waals surface area contributed by atoms with E-state index in [4.69, 9.17) is 23.9 Å². The fourth-order valence-corrected chi connectivity index (χ4v) is 3.55. The molecule has 0 amide bonds. The number of aliphatic imine (C=N–C) groups is 1. The van der Waals surface area contributed by atoms with Crippen LogP contribution in [-0.4, -0.2) is 65.1 Å². The number of rotatable bonds is 9. The number of hydrogen-bond acceptors (Lipinski definition) is 7. The number of pyridine rings is 1. The molecule has 32 heavy (non-hydrogen) atoms. The molecule has 2 aromatic rings. The minimum absolute atomic E-state index is 0.454. The predicted molar refractivity (Wildman–Crippen MR) is 125 cm³/mol. The van der Waals surface area contributed by atoms with Crippen LogP contribution in [0.2, 0.25) is 0 Å². The zero-order valence-corrected chi connectivity index (χ0v) is 19.3. The largest absolute Gasteiger partial charge is 0.493 e. The van der Waals surface area contributed by atoms with Gasteiger partial charge in [0.25, 0.3) is 0 Å². The maximum atomic E-state index is 5.47. The highest BCUT2D eigenvalue weighted by Gasteiger charge is 2.16. The summed E-state index contributed by atoms with van der Waals surface area (Å²) in [6.45, 7) is 7.00. The van der Waals surface area contributed by atoms with Crippen molar-refractivity contribution in [3.63, 3.8) is 0 Å². The number of benzene rings is 1. The number of ether oxygens (including phenoxy) is 4. The molecule has 2 heterocycles. The van der Waals surface area contributed by atoms with Crippen molar-refractivity contribution >= 4 is 11.8 Å². The Morgan fingerprint density at radius 3 is 2.44 bits per heavy atom. The van der Waals surface area contributed by atoms with Crippen LogP contribution >= 0.6 is 0 Å². The maximum absolute atomic E-state index is 5.47. The first-order chi connectivity index (χ1) is 15.7. The lowest BCUT2D eigenvalue weighted by molar-refractivity contribution is 0.122. The van der Waals surface area contributed by atoms with Crippen LogP contribution in [-0.2, 0) is 17.8 Å². The second-order valence-corrected chi connectivity index (χ2v) is 7.17. The van der Waals surface area contributed by atoms with Gasteiger partial charge in [0.2, 0.25) is 5.75 Å². The summed E-state index contributed by atoms with van der Waals surface area (Å²) in [7, 11) is 4.81. The summed E-state index contributed by atoms with van der Waals surface area (Å²) in [4.78, 5) is 11.6. The SMILES string of the molecule is CCNC(=NCc1cc(OC)c(OC)c(OC)c1)NCc1cccnc1N1CCOCC1. The fourth-order valence-electron chi connectivity index (χ4n) is 3.55. The molecular formula is C23H33N5O4. The zero-order valence-electron chi connectivity index (χ0n) is 19.3. The Kier molecular flexibility index (Phi) is 8.79. The summed E-state index contributed by atoms with van der Waals surface area (Å²) in [5.41, 5.74) is 2.07. The van der Waals surface area contributed by atoms with Crippen molar-refractivity contribution in [2.75, 3.05) is 59.1 Å². The molecule has 1 fully saturated rings. The number of methoxy groups -OCH3 is 3. The number of morpholine rings is 1. The van der Waals surface area contributed by atoms with Crippen molar-refractivity contribution in [1.82, 2.24) is 15.6 Å². The van der Waals surface area contributed by atoms with Crippen molar-refractivity contribution < 1.29 is 18.9 Å². The summed E-state index contributed by atoms with van der Waals surface area (Å²) < 4.78 is 21.8. The van der Waals surface area contributed by atoms with Crippen LogP contribution < -0.4 is 29.7 Å². The van der Waals surface area contributed by atoms with Crippen LogP contribution in [0, 0.1) is 0 Å². The van der Waals surface area contributed by atoms with Gasteiger partial charge in [0, 0.05) is 37.9 Å². The highest BCUT2D eigenvalue weighted by molar-refractivity contribution is 5.80. The Morgan fingerprint density at radius 2 is 1.81 bits per heavy atom. The third kappa shape index (κ3) is 5.94. The zero-order chi connectivity index (χ0) is 22.8. The molecule has 0 saturated carbocycles. The van der Waals surface area contributed by atoms with E-state index >= 15 is 0 Å². The van der Waals surface area contributed by atoms with Gasteiger partial charge in [0.1, 0.15) is 5.82 Å². The van der Waals surface area contributed by atoms with Gasteiger partial charge in [-0.25, -0.2) is 9.98 Å². The van der Waals surface area contributed by atoms with Gasteiger partial charge in [0.15, 0.2) is 17.5 Å². The summed E-state index contributed by atoms with van der Waals surface area (Å²) in [6, 6.07) is 7.87. The van der Waals surface area contributed by atoms with E-state index in [1.54, 1.807) is 21.3 Å². The van der Waals surface area contributed by atoms with Gasteiger partial charge in [-0.05, 0) is 30.7 Å². The topological polar surface area (TPSA) is 89.5 Å². The Hall–Kier alpha value is -3.20. The van der Waals surface area contributed by atoms with E-state index in [1.807, 2.05) is 31.3 Å². The molecule has 0 aliphatic carbocycles. The Bertz CT molecular complexity index is 875. The average Bonchev–Trinajstić information content (AvgIpc) is 2.85. The molecular weight excluding hydrogens is 410 g/mol. The molecule has 1 aromatic carbocycles. The van der Waals surface area contributed by atoms with E-state index in [2.05, 4.69) is 26.6 Å². The van der Waals surface area contributed by atoms with Crippen LogP contribution in [0.3, 0.4) is 0 Å². The van der Waals surface area contributed by atoms with Gasteiger partial charge in [-0.1, -0.05) is 6.07 Å². The first-order valence-corrected chi connectivity index (χ1v) is 10.8. The standard InChI is InChI=1S/C23H33N5O4/c1-5-24-23(26-15-17-13-19(29-2)21(31-4)20(14-17)30-3)27-16-18-7-6-8-25-22(18)28-9-11-32-12-10-28/h6-8,13-14H,5,9-12,15-16H2,1-4H3,(H2,24,26,27). The smallest absolute Gasteiger partial charge is 0.203 e. The molecule has 9 nitrogen and oxygen atoms in total. The number of anilines is 1. The van der Waals surface area contributed by atoms with Gasteiger partial charge < -0.3 is 34.5 Å². The first-order valence-electron chi connectivity index (χ1n) is 10.8. The summed E-state index contributed by atoms with van der Waals surface area (Å²) in [5.74, 6) is 3.50. The van der Waals surface area contributed by atoms with Gasteiger partial charge in [-0.3, -0.25) is 0 Å². The monoisotopic (exact) mass is 443 g/mol. The van der Waals surface area contributed by atoms with E-state index in [-0.39, 0.29) is 0 Å². The lowest BCUT2D eigenvalue weighted by Crippen LogP contribution is -2.39. The van der Waals surface area contributed by atoms with E-state index in [0.29, 0.717) is 30.3 Å². The van der Waals surface area contributed by atoms with E-state index in [9.17, 15) is 0 Å². The summed E-state index contributed by atoms with van der Waals surface area (Å²) in [6.07, 6.45) is 1.83. The molecule has 174 valence electrons. The Labute approximate surface area is 189 Å². The van der Waals surface area contributed by atoms with Crippen LogP contribution in [0.1, 0.15) is 18.1 Å². The number of nitrogens with zero attached hydrogens (tertiary/aromatic N) is 3. The number of nitrogens with one attached hydrogen (secondary N) is 2. The van der Waals surface area contributed by atoms with Crippen molar-refractivity contribution in [3.8, 4) is 17.2 Å². The van der Waals surface area contributed by atoms with Crippen LogP contribution in [0.5, 0.6) is 17.2 Å². The molecule has 0 bridgehead atoms. The third-order valence-corrected chi connectivity index (χ3v) is 5.11. The van der Waals surface area contributed by atoms with Gasteiger partial charge >= 0.3 is 0 Å². The van der Waals surface area contributed by atoms with Crippen LogP contribution in [0.25, 0.3) is 0 Å². The number of hydrogen-bond donors (Lipinski definition) is 2. The van der Waals surface area contributed by atoms with Gasteiger partial charge in [0.05, 0.1) is 41.1 Å². The highest BCUT2D eigenvalue weighted by Crippen LogP contribution is 2.38.